The summed E-state index contributed by atoms with van der Waals surface area (Å²) in [6.45, 7) is 0. The van der Waals surface area contributed by atoms with E-state index >= 15 is 0 Å². The van der Waals surface area contributed by atoms with Crippen molar-refractivity contribution in [3.8, 4) is 5.69 Å². The van der Waals surface area contributed by atoms with Crippen molar-refractivity contribution in [1.29, 1.82) is 0 Å². The summed E-state index contributed by atoms with van der Waals surface area (Å²) in [6, 6.07) is 5.90. The van der Waals surface area contributed by atoms with Crippen molar-refractivity contribution in [2.45, 2.75) is 0 Å². The summed E-state index contributed by atoms with van der Waals surface area (Å²) in [6.07, 6.45) is 0. The highest BCUT2D eigenvalue weighted by Gasteiger charge is 2.09. The number of aromatic nitrogens is 3. The third kappa shape index (κ3) is 1.81. The lowest BCUT2D eigenvalue weighted by molar-refractivity contribution is 0.627. The van der Waals surface area contributed by atoms with Gasteiger partial charge in [-0.15, -0.1) is 5.10 Å². The van der Waals surface area contributed by atoms with Crippen LogP contribution in [0, 0.1) is 5.82 Å². The molecule has 0 saturated carbocycles. The van der Waals surface area contributed by atoms with E-state index < -0.39 is 0 Å². The quantitative estimate of drug-likeness (QED) is 0.823. The van der Waals surface area contributed by atoms with Crippen molar-refractivity contribution in [2.24, 2.45) is 0 Å². The second kappa shape index (κ2) is 3.80. The van der Waals surface area contributed by atoms with Gasteiger partial charge >= 0.3 is 0 Å². The monoisotopic (exact) mass is 221 g/mol. The molecule has 0 aliphatic carbocycles. The van der Waals surface area contributed by atoms with Crippen molar-refractivity contribution in [3.63, 3.8) is 0 Å². The zero-order valence-electron chi connectivity index (χ0n) is 9.05. The predicted octanol–water partition coefficient (Wildman–Crippen LogP) is 1.05. The van der Waals surface area contributed by atoms with E-state index in [2.05, 4.69) is 10.1 Å². The van der Waals surface area contributed by atoms with E-state index in [0.717, 1.165) is 0 Å². The van der Waals surface area contributed by atoms with Crippen LogP contribution in [0.4, 0.5) is 16.3 Å². The van der Waals surface area contributed by atoms with Gasteiger partial charge in [-0.2, -0.15) is 9.67 Å². The normalized spacial score (nSPS) is 10.4. The first-order valence-corrected chi connectivity index (χ1v) is 4.74. The smallest absolute Gasteiger partial charge is 0.246 e. The van der Waals surface area contributed by atoms with Gasteiger partial charge in [0.05, 0.1) is 5.69 Å². The number of halogens is 1. The fraction of sp³-hybridized carbons (Fsp3) is 0.200. The van der Waals surface area contributed by atoms with Crippen LogP contribution in [0.3, 0.4) is 0 Å². The minimum Gasteiger partial charge on any atom is -0.368 e. The van der Waals surface area contributed by atoms with Crippen LogP contribution in [0.2, 0.25) is 0 Å². The van der Waals surface area contributed by atoms with E-state index in [4.69, 9.17) is 5.73 Å². The Morgan fingerprint density at radius 2 is 1.88 bits per heavy atom. The lowest BCUT2D eigenvalue weighted by Crippen LogP contribution is -2.10. The molecule has 0 atom stereocenters. The van der Waals surface area contributed by atoms with Gasteiger partial charge in [0.25, 0.3) is 0 Å². The number of nitrogens with two attached hydrogens (primary N) is 1. The van der Waals surface area contributed by atoms with Gasteiger partial charge in [-0.3, -0.25) is 0 Å². The van der Waals surface area contributed by atoms with Gasteiger partial charge in [0, 0.05) is 14.1 Å². The van der Waals surface area contributed by atoms with E-state index in [1.165, 1.54) is 16.8 Å². The van der Waals surface area contributed by atoms with Crippen molar-refractivity contribution in [1.82, 2.24) is 14.8 Å². The zero-order valence-corrected chi connectivity index (χ0v) is 9.05. The lowest BCUT2D eigenvalue weighted by Gasteiger charge is -2.04. The topological polar surface area (TPSA) is 60.0 Å². The lowest BCUT2D eigenvalue weighted by atomic mass is 10.3. The molecule has 2 N–H and O–H groups in total. The molecule has 0 fully saturated rings. The van der Waals surface area contributed by atoms with Crippen LogP contribution < -0.4 is 10.6 Å². The van der Waals surface area contributed by atoms with Gasteiger partial charge in [-0.1, -0.05) is 0 Å². The number of hydrogen-bond donors (Lipinski definition) is 1. The van der Waals surface area contributed by atoms with E-state index in [-0.39, 0.29) is 11.8 Å². The van der Waals surface area contributed by atoms with Crippen LogP contribution in [0.5, 0.6) is 0 Å². The molecule has 2 rings (SSSR count). The molecule has 0 aliphatic rings. The molecule has 84 valence electrons. The van der Waals surface area contributed by atoms with E-state index in [1.54, 1.807) is 17.0 Å². The molecule has 0 aliphatic heterocycles. The molecule has 2 aromatic rings. The summed E-state index contributed by atoms with van der Waals surface area (Å²) < 4.78 is 14.2. The molecule has 0 spiro atoms. The molecular weight excluding hydrogens is 209 g/mol. The molecule has 6 heteroatoms. The number of hydrogen-bond acceptors (Lipinski definition) is 4. The summed E-state index contributed by atoms with van der Waals surface area (Å²) in [5, 5.41) is 4.19. The second-order valence-electron chi connectivity index (χ2n) is 3.55. The third-order valence-corrected chi connectivity index (χ3v) is 2.09. The Hall–Kier alpha value is -2.11. The fourth-order valence-electron chi connectivity index (χ4n) is 1.27. The maximum absolute atomic E-state index is 12.8. The average Bonchev–Trinajstić information content (AvgIpc) is 2.62. The Bertz CT molecular complexity index is 488. The number of benzene rings is 1. The van der Waals surface area contributed by atoms with Gasteiger partial charge < -0.3 is 10.6 Å². The molecule has 1 aromatic heterocycles. The molecule has 16 heavy (non-hydrogen) atoms. The molecule has 1 heterocycles. The molecule has 0 amide bonds. The number of nitrogens with zero attached hydrogens (tertiary/aromatic N) is 4. The van der Waals surface area contributed by atoms with E-state index in [0.29, 0.717) is 11.6 Å². The maximum Gasteiger partial charge on any atom is 0.246 e. The van der Waals surface area contributed by atoms with Gasteiger partial charge in [-0.05, 0) is 24.3 Å². The Morgan fingerprint density at radius 3 is 2.38 bits per heavy atom. The predicted molar refractivity (Wildman–Crippen MR) is 60.1 cm³/mol. The SMILES string of the molecule is CN(C)c1nc(N)n(-c2ccc(F)cc2)n1. The summed E-state index contributed by atoms with van der Waals surface area (Å²) in [7, 11) is 3.65. The third-order valence-electron chi connectivity index (χ3n) is 2.09. The minimum atomic E-state index is -0.296. The average molecular weight is 221 g/mol. The fourth-order valence-corrected chi connectivity index (χ4v) is 1.27. The summed E-state index contributed by atoms with van der Waals surface area (Å²) in [5.41, 5.74) is 6.40. The molecule has 0 unspecified atom stereocenters. The van der Waals surface area contributed by atoms with Crippen molar-refractivity contribution < 1.29 is 4.39 Å². The molecule has 1 aromatic carbocycles. The molecule has 5 nitrogen and oxygen atoms in total. The van der Waals surface area contributed by atoms with Crippen LogP contribution in [0.1, 0.15) is 0 Å². The van der Waals surface area contributed by atoms with Crippen LogP contribution in [-0.2, 0) is 0 Å². The number of rotatable bonds is 2. The second-order valence-corrected chi connectivity index (χ2v) is 3.55. The van der Waals surface area contributed by atoms with Crippen LogP contribution >= 0.6 is 0 Å². The Balaban J connectivity index is 2.44. The van der Waals surface area contributed by atoms with Gasteiger partial charge in [0.2, 0.25) is 11.9 Å². The minimum absolute atomic E-state index is 0.273. The van der Waals surface area contributed by atoms with Crippen molar-refractivity contribution in [3.05, 3.63) is 30.1 Å². The Labute approximate surface area is 92.3 Å². The highest BCUT2D eigenvalue weighted by molar-refractivity contribution is 5.42. The van der Waals surface area contributed by atoms with Gasteiger partial charge in [0.1, 0.15) is 5.82 Å². The van der Waals surface area contributed by atoms with Crippen LogP contribution in [0.15, 0.2) is 24.3 Å². The summed E-state index contributed by atoms with van der Waals surface area (Å²) >= 11 is 0. The summed E-state index contributed by atoms with van der Waals surface area (Å²) in [4.78, 5) is 5.82. The first-order valence-electron chi connectivity index (χ1n) is 4.74. The first kappa shape index (κ1) is 10.4. The number of anilines is 2. The highest BCUT2D eigenvalue weighted by Crippen LogP contribution is 2.15. The molecular formula is C10H12FN5. The van der Waals surface area contributed by atoms with Crippen LogP contribution in [-0.4, -0.2) is 28.9 Å². The van der Waals surface area contributed by atoms with Crippen LogP contribution in [0.25, 0.3) is 5.69 Å². The molecule has 0 radical (unpaired) electrons. The standard InChI is InChI=1S/C10H12FN5/c1-15(2)10-13-9(12)16(14-10)8-5-3-7(11)4-6-8/h3-6H,1-2H3,(H2,12,13,14). The molecule has 0 bridgehead atoms. The Kier molecular flexibility index (Phi) is 2.47. The number of nitrogen functional groups attached to an aromatic ring is 1. The van der Waals surface area contributed by atoms with Gasteiger partial charge in [0.15, 0.2) is 0 Å². The maximum atomic E-state index is 12.8. The summed E-state index contributed by atoms with van der Waals surface area (Å²) in [5.74, 6) is 0.493. The largest absolute Gasteiger partial charge is 0.368 e. The molecule has 0 saturated heterocycles. The van der Waals surface area contributed by atoms with Gasteiger partial charge in [-0.25, -0.2) is 4.39 Å². The zero-order chi connectivity index (χ0) is 11.7. The Morgan fingerprint density at radius 1 is 1.25 bits per heavy atom. The highest BCUT2D eigenvalue weighted by atomic mass is 19.1. The first-order chi connectivity index (χ1) is 7.58. The van der Waals surface area contributed by atoms with E-state index in [9.17, 15) is 4.39 Å². The van der Waals surface area contributed by atoms with Crippen molar-refractivity contribution >= 4 is 11.9 Å². The van der Waals surface area contributed by atoms with E-state index in [1.807, 2.05) is 14.1 Å². The van der Waals surface area contributed by atoms with Crippen molar-refractivity contribution in [2.75, 3.05) is 24.7 Å².